The van der Waals surface area contributed by atoms with E-state index in [0.29, 0.717) is 5.41 Å². The summed E-state index contributed by atoms with van der Waals surface area (Å²) in [7, 11) is 0. The molecule has 0 aromatic carbocycles. The molecule has 2 aliphatic rings. The van der Waals surface area contributed by atoms with Crippen molar-refractivity contribution in [1.29, 1.82) is 0 Å². The summed E-state index contributed by atoms with van der Waals surface area (Å²) in [6.07, 6.45) is 8.37. The molecule has 3 atom stereocenters. The zero-order chi connectivity index (χ0) is 13.2. The molecule has 0 spiro atoms. The summed E-state index contributed by atoms with van der Waals surface area (Å²) >= 11 is 0. The minimum Gasteiger partial charge on any atom is -0.330 e. The number of hydrogen-bond donors (Lipinski definition) is 1. The highest BCUT2D eigenvalue weighted by atomic mass is 15.2. The van der Waals surface area contributed by atoms with Gasteiger partial charge >= 0.3 is 0 Å². The second-order valence-corrected chi connectivity index (χ2v) is 7.61. The van der Waals surface area contributed by atoms with E-state index in [2.05, 4.69) is 25.7 Å². The zero-order valence-electron chi connectivity index (χ0n) is 12.6. The van der Waals surface area contributed by atoms with Crippen molar-refractivity contribution in [1.82, 2.24) is 4.90 Å². The van der Waals surface area contributed by atoms with Crippen molar-refractivity contribution in [3.63, 3.8) is 0 Å². The van der Waals surface area contributed by atoms with E-state index in [1.807, 2.05) is 0 Å². The SMILES string of the molecule is CC(C)(C)C(CCN)CCCN1CC2CCC1C2. The molecule has 2 nitrogen and oxygen atoms in total. The lowest BCUT2D eigenvalue weighted by atomic mass is 9.76. The summed E-state index contributed by atoms with van der Waals surface area (Å²) in [6, 6.07) is 0.942. The highest BCUT2D eigenvalue weighted by Crippen LogP contribution is 2.38. The van der Waals surface area contributed by atoms with Crippen molar-refractivity contribution >= 4 is 0 Å². The molecule has 2 fully saturated rings. The molecule has 1 saturated carbocycles. The number of fused-ring (bicyclic) bond motifs is 2. The molecule has 2 rings (SSSR count). The molecular weight excluding hydrogens is 220 g/mol. The van der Waals surface area contributed by atoms with Gasteiger partial charge in [0.15, 0.2) is 0 Å². The summed E-state index contributed by atoms with van der Waals surface area (Å²) in [5.41, 5.74) is 6.18. The van der Waals surface area contributed by atoms with E-state index >= 15 is 0 Å². The molecule has 1 aliphatic carbocycles. The van der Waals surface area contributed by atoms with Crippen LogP contribution in [0.4, 0.5) is 0 Å². The maximum absolute atomic E-state index is 5.76. The van der Waals surface area contributed by atoms with Crippen LogP contribution in [0.1, 0.15) is 59.3 Å². The Labute approximate surface area is 113 Å². The average Bonchev–Trinajstić information content (AvgIpc) is 2.88. The van der Waals surface area contributed by atoms with Crippen LogP contribution in [0.3, 0.4) is 0 Å². The van der Waals surface area contributed by atoms with E-state index in [1.165, 1.54) is 51.6 Å². The largest absolute Gasteiger partial charge is 0.330 e. The van der Waals surface area contributed by atoms with Gasteiger partial charge in [-0.05, 0) is 68.9 Å². The molecule has 0 aromatic rings. The number of nitrogens with zero attached hydrogens (tertiary/aromatic N) is 1. The molecular formula is C16H32N2. The molecule has 2 bridgehead atoms. The Bertz CT molecular complexity index is 256. The van der Waals surface area contributed by atoms with Crippen molar-refractivity contribution in [2.75, 3.05) is 19.6 Å². The van der Waals surface area contributed by atoms with Crippen molar-refractivity contribution in [2.24, 2.45) is 23.0 Å². The highest BCUT2D eigenvalue weighted by molar-refractivity contribution is 4.92. The van der Waals surface area contributed by atoms with E-state index in [-0.39, 0.29) is 0 Å². The van der Waals surface area contributed by atoms with Gasteiger partial charge in [0.1, 0.15) is 0 Å². The normalized spacial score (nSPS) is 30.0. The van der Waals surface area contributed by atoms with Gasteiger partial charge in [0.25, 0.3) is 0 Å². The third kappa shape index (κ3) is 3.48. The summed E-state index contributed by atoms with van der Waals surface area (Å²) in [4.78, 5) is 2.76. The smallest absolute Gasteiger partial charge is 0.00985 e. The van der Waals surface area contributed by atoms with E-state index < -0.39 is 0 Å². The number of rotatable bonds is 6. The number of likely N-dealkylation sites (tertiary alicyclic amines) is 1. The van der Waals surface area contributed by atoms with Crippen LogP contribution in [0.5, 0.6) is 0 Å². The Hall–Kier alpha value is -0.0800. The zero-order valence-corrected chi connectivity index (χ0v) is 12.6. The predicted octanol–water partition coefficient (Wildman–Crippen LogP) is 3.26. The molecule has 0 radical (unpaired) electrons. The van der Waals surface area contributed by atoms with Crippen LogP contribution in [-0.2, 0) is 0 Å². The van der Waals surface area contributed by atoms with Crippen LogP contribution in [0.25, 0.3) is 0 Å². The van der Waals surface area contributed by atoms with E-state index in [9.17, 15) is 0 Å². The maximum atomic E-state index is 5.76. The first-order chi connectivity index (χ1) is 8.50. The van der Waals surface area contributed by atoms with Crippen molar-refractivity contribution in [3.05, 3.63) is 0 Å². The average molecular weight is 252 g/mol. The summed E-state index contributed by atoms with van der Waals surface area (Å²) in [5.74, 6) is 1.83. The van der Waals surface area contributed by atoms with Gasteiger partial charge in [-0.3, -0.25) is 0 Å². The van der Waals surface area contributed by atoms with Gasteiger partial charge in [-0.15, -0.1) is 0 Å². The second kappa shape index (κ2) is 5.92. The fourth-order valence-corrected chi connectivity index (χ4v) is 4.05. The summed E-state index contributed by atoms with van der Waals surface area (Å²) in [5, 5.41) is 0. The Balaban J connectivity index is 1.70. The van der Waals surface area contributed by atoms with E-state index in [4.69, 9.17) is 5.73 Å². The Morgan fingerprint density at radius 3 is 2.50 bits per heavy atom. The van der Waals surface area contributed by atoms with Crippen molar-refractivity contribution < 1.29 is 0 Å². The van der Waals surface area contributed by atoms with Gasteiger partial charge in [-0.25, -0.2) is 0 Å². The topological polar surface area (TPSA) is 29.3 Å². The second-order valence-electron chi connectivity index (χ2n) is 7.61. The van der Waals surface area contributed by atoms with Crippen LogP contribution in [0, 0.1) is 17.3 Å². The monoisotopic (exact) mass is 252 g/mol. The first-order valence-electron chi connectivity index (χ1n) is 7.95. The summed E-state index contributed by atoms with van der Waals surface area (Å²) < 4.78 is 0. The predicted molar refractivity (Wildman–Crippen MR) is 78.6 cm³/mol. The first-order valence-corrected chi connectivity index (χ1v) is 7.95. The molecule has 2 heteroatoms. The fourth-order valence-electron chi connectivity index (χ4n) is 4.05. The van der Waals surface area contributed by atoms with E-state index in [1.54, 1.807) is 0 Å². The van der Waals surface area contributed by atoms with Crippen LogP contribution in [-0.4, -0.2) is 30.6 Å². The maximum Gasteiger partial charge on any atom is 0.00985 e. The van der Waals surface area contributed by atoms with Gasteiger partial charge in [0.05, 0.1) is 0 Å². The molecule has 3 unspecified atom stereocenters. The van der Waals surface area contributed by atoms with Gasteiger partial charge in [0, 0.05) is 12.6 Å². The Morgan fingerprint density at radius 1 is 1.22 bits per heavy atom. The van der Waals surface area contributed by atoms with Crippen molar-refractivity contribution in [3.8, 4) is 0 Å². The van der Waals surface area contributed by atoms with Crippen molar-refractivity contribution in [2.45, 2.75) is 65.3 Å². The third-order valence-corrected chi connectivity index (χ3v) is 5.26. The molecule has 18 heavy (non-hydrogen) atoms. The quantitative estimate of drug-likeness (QED) is 0.786. The summed E-state index contributed by atoms with van der Waals surface area (Å²) in [6.45, 7) is 10.7. The number of nitrogens with two attached hydrogens (primary N) is 1. The number of hydrogen-bond acceptors (Lipinski definition) is 2. The Kier molecular flexibility index (Phi) is 4.71. The van der Waals surface area contributed by atoms with E-state index in [0.717, 1.165) is 24.4 Å². The first kappa shape index (κ1) is 14.3. The lowest BCUT2D eigenvalue weighted by Crippen LogP contribution is -2.33. The molecule has 1 saturated heterocycles. The third-order valence-electron chi connectivity index (χ3n) is 5.26. The van der Waals surface area contributed by atoms with Gasteiger partial charge in [-0.1, -0.05) is 20.8 Å². The van der Waals surface area contributed by atoms with Crippen LogP contribution < -0.4 is 5.73 Å². The van der Waals surface area contributed by atoms with Crippen LogP contribution in [0.2, 0.25) is 0 Å². The molecule has 1 aliphatic heterocycles. The number of piperidine rings is 1. The molecule has 0 aromatic heterocycles. The van der Waals surface area contributed by atoms with Crippen LogP contribution in [0.15, 0.2) is 0 Å². The van der Waals surface area contributed by atoms with Gasteiger partial charge in [0.2, 0.25) is 0 Å². The highest BCUT2D eigenvalue weighted by Gasteiger charge is 2.37. The molecule has 106 valence electrons. The van der Waals surface area contributed by atoms with Crippen LogP contribution >= 0.6 is 0 Å². The minimum atomic E-state index is 0.420. The minimum absolute atomic E-state index is 0.420. The lowest BCUT2D eigenvalue weighted by molar-refractivity contribution is 0.176. The fraction of sp³-hybridized carbons (Fsp3) is 1.00. The lowest BCUT2D eigenvalue weighted by Gasteiger charge is -2.32. The Morgan fingerprint density at radius 2 is 2.00 bits per heavy atom. The standard InChI is InChI=1S/C16H32N2/c1-16(2,3)14(8-9-17)5-4-10-18-12-13-6-7-15(18)11-13/h13-15H,4-12,17H2,1-3H3. The molecule has 2 N–H and O–H groups in total. The molecule has 1 heterocycles. The van der Waals surface area contributed by atoms with Gasteiger partial charge < -0.3 is 10.6 Å². The van der Waals surface area contributed by atoms with Gasteiger partial charge in [-0.2, -0.15) is 0 Å². The molecule has 0 amide bonds.